The molecule has 2 aromatic heterocycles. The molecule has 3 heterocycles. The summed E-state index contributed by atoms with van der Waals surface area (Å²) in [6.45, 7) is 7.61. The van der Waals surface area contributed by atoms with Crippen molar-refractivity contribution in [2.24, 2.45) is 0 Å². The summed E-state index contributed by atoms with van der Waals surface area (Å²) in [6.07, 6.45) is 4.53. The van der Waals surface area contributed by atoms with Gasteiger partial charge in [0.25, 0.3) is 0 Å². The zero-order valence-electron chi connectivity index (χ0n) is 16.3. The van der Waals surface area contributed by atoms with Crippen LogP contribution in [0, 0.1) is 6.92 Å². The van der Waals surface area contributed by atoms with Crippen molar-refractivity contribution >= 4 is 34.4 Å². The van der Waals surface area contributed by atoms with Gasteiger partial charge in [-0.1, -0.05) is 17.7 Å². The van der Waals surface area contributed by atoms with E-state index in [2.05, 4.69) is 28.7 Å². The summed E-state index contributed by atoms with van der Waals surface area (Å²) in [5.74, 6) is 1.24. The van der Waals surface area contributed by atoms with Gasteiger partial charge < -0.3 is 14.8 Å². The summed E-state index contributed by atoms with van der Waals surface area (Å²) in [5, 5.41) is 3.60. The third-order valence-corrected chi connectivity index (χ3v) is 5.55. The highest BCUT2D eigenvalue weighted by Crippen LogP contribution is 2.32. The molecule has 146 valence electrons. The minimum Gasteiger partial charge on any atom is -0.324 e. The van der Waals surface area contributed by atoms with Gasteiger partial charge in [-0.15, -0.1) is 0 Å². The van der Waals surface area contributed by atoms with Gasteiger partial charge >= 0.3 is 6.03 Å². The number of benzene rings is 1. The molecular weight excluding hydrogens is 374 g/mol. The zero-order valence-corrected chi connectivity index (χ0v) is 17.1. The normalized spacial score (nSPS) is 16.9. The summed E-state index contributed by atoms with van der Waals surface area (Å²) >= 11 is 6.07. The second-order valence-electron chi connectivity index (χ2n) is 7.62. The number of rotatable bonds is 3. The molecule has 1 unspecified atom stereocenters. The van der Waals surface area contributed by atoms with Crippen LogP contribution < -0.4 is 5.32 Å². The van der Waals surface area contributed by atoms with Crippen LogP contribution in [0.25, 0.3) is 11.0 Å². The summed E-state index contributed by atoms with van der Waals surface area (Å²) in [5.41, 5.74) is 3.74. The second kappa shape index (κ2) is 7.43. The Balaban J connectivity index is 1.54. The third-order valence-electron chi connectivity index (χ3n) is 5.32. The van der Waals surface area contributed by atoms with E-state index in [0.717, 1.165) is 34.5 Å². The van der Waals surface area contributed by atoms with Crippen molar-refractivity contribution in [2.75, 3.05) is 18.4 Å². The number of aromatic nitrogens is 3. The quantitative estimate of drug-likeness (QED) is 0.676. The third kappa shape index (κ3) is 3.44. The molecule has 4 rings (SSSR count). The van der Waals surface area contributed by atoms with Crippen LogP contribution in [0.15, 0.2) is 36.7 Å². The average molecular weight is 398 g/mol. The van der Waals surface area contributed by atoms with Crippen molar-refractivity contribution < 1.29 is 4.79 Å². The lowest BCUT2D eigenvalue weighted by atomic mass is 10.1. The number of carbonyl (C=O) groups excluding carboxylic acids is 1. The van der Waals surface area contributed by atoms with Gasteiger partial charge in [0.05, 0.1) is 17.2 Å². The molecule has 7 heteroatoms. The molecule has 1 aliphatic heterocycles. The first-order valence-electron chi connectivity index (χ1n) is 9.58. The molecule has 1 aliphatic rings. The number of imidazole rings is 1. The molecule has 0 spiro atoms. The van der Waals surface area contributed by atoms with E-state index < -0.39 is 0 Å². The van der Waals surface area contributed by atoms with E-state index in [9.17, 15) is 4.79 Å². The van der Waals surface area contributed by atoms with E-state index in [0.29, 0.717) is 18.1 Å². The van der Waals surface area contributed by atoms with Gasteiger partial charge in [0.2, 0.25) is 0 Å². The van der Waals surface area contributed by atoms with E-state index in [-0.39, 0.29) is 18.0 Å². The van der Waals surface area contributed by atoms with Crippen LogP contribution in [0.2, 0.25) is 5.02 Å². The second-order valence-corrected chi connectivity index (χ2v) is 8.06. The van der Waals surface area contributed by atoms with Crippen LogP contribution in [0.5, 0.6) is 0 Å². The maximum Gasteiger partial charge on any atom is 0.321 e. The smallest absolute Gasteiger partial charge is 0.321 e. The minimum atomic E-state index is -0.0956. The van der Waals surface area contributed by atoms with Crippen molar-refractivity contribution in [3.63, 3.8) is 0 Å². The van der Waals surface area contributed by atoms with E-state index in [1.165, 1.54) is 0 Å². The Morgan fingerprint density at radius 2 is 2.14 bits per heavy atom. The van der Waals surface area contributed by atoms with E-state index in [1.54, 1.807) is 12.3 Å². The highest BCUT2D eigenvalue weighted by atomic mass is 35.5. The number of pyridine rings is 1. The van der Waals surface area contributed by atoms with Crippen molar-refractivity contribution in [1.29, 1.82) is 0 Å². The lowest BCUT2D eigenvalue weighted by Gasteiger charge is -2.20. The van der Waals surface area contributed by atoms with Gasteiger partial charge in [-0.25, -0.2) is 9.78 Å². The Labute approximate surface area is 169 Å². The Morgan fingerprint density at radius 3 is 2.93 bits per heavy atom. The first kappa shape index (κ1) is 18.7. The number of hydrogen-bond acceptors (Lipinski definition) is 3. The standard InChI is InChI=1S/C21H24ClN5O/c1-13(2)27-19-11-23-8-6-17(19)24-20(27)15-7-9-26(12-15)21(28)25-18-10-16(22)5-4-14(18)3/h4-6,8,10-11,13,15H,7,9,12H2,1-3H3,(H,25,28). The first-order chi connectivity index (χ1) is 13.4. The van der Waals surface area contributed by atoms with Crippen molar-refractivity contribution in [3.05, 3.63) is 53.1 Å². The monoisotopic (exact) mass is 397 g/mol. The molecule has 0 saturated carbocycles. The molecule has 3 aromatic rings. The SMILES string of the molecule is Cc1ccc(Cl)cc1NC(=O)N1CCC(c2nc3ccncc3n2C(C)C)C1. The highest BCUT2D eigenvalue weighted by Gasteiger charge is 2.31. The maximum absolute atomic E-state index is 12.8. The minimum absolute atomic E-state index is 0.0956. The number of likely N-dealkylation sites (tertiary alicyclic amines) is 1. The molecule has 0 bridgehead atoms. The van der Waals surface area contributed by atoms with Crippen LogP contribution in [-0.2, 0) is 0 Å². The number of anilines is 1. The van der Waals surface area contributed by atoms with Crippen LogP contribution >= 0.6 is 11.6 Å². The largest absolute Gasteiger partial charge is 0.324 e. The fourth-order valence-electron chi connectivity index (χ4n) is 3.87. The maximum atomic E-state index is 12.8. The molecule has 1 saturated heterocycles. The predicted octanol–water partition coefficient (Wildman–Crippen LogP) is 5.00. The molecule has 2 amide bonds. The Morgan fingerprint density at radius 1 is 1.32 bits per heavy atom. The number of urea groups is 1. The number of halogens is 1. The lowest BCUT2D eigenvalue weighted by molar-refractivity contribution is 0.222. The Bertz CT molecular complexity index is 1030. The highest BCUT2D eigenvalue weighted by molar-refractivity contribution is 6.31. The molecule has 6 nitrogen and oxygen atoms in total. The summed E-state index contributed by atoms with van der Waals surface area (Å²) in [6, 6.07) is 7.64. The summed E-state index contributed by atoms with van der Waals surface area (Å²) in [7, 11) is 0. The zero-order chi connectivity index (χ0) is 19.8. The van der Waals surface area contributed by atoms with Gasteiger partial charge in [-0.3, -0.25) is 4.98 Å². The lowest BCUT2D eigenvalue weighted by Crippen LogP contribution is -2.33. The fourth-order valence-corrected chi connectivity index (χ4v) is 4.04. The molecule has 28 heavy (non-hydrogen) atoms. The van der Waals surface area contributed by atoms with Gasteiger partial charge in [-0.05, 0) is 51.0 Å². The Kier molecular flexibility index (Phi) is 4.98. The van der Waals surface area contributed by atoms with Gasteiger partial charge in [-0.2, -0.15) is 0 Å². The molecular formula is C21H24ClN5O. The van der Waals surface area contributed by atoms with E-state index in [4.69, 9.17) is 16.6 Å². The fraction of sp³-hybridized carbons (Fsp3) is 0.381. The van der Waals surface area contributed by atoms with Crippen molar-refractivity contribution in [2.45, 2.75) is 39.2 Å². The molecule has 0 radical (unpaired) electrons. The number of aryl methyl sites for hydroxylation is 1. The van der Waals surface area contributed by atoms with Gasteiger partial charge in [0.15, 0.2) is 0 Å². The number of carbonyl (C=O) groups is 1. The number of hydrogen-bond donors (Lipinski definition) is 1. The van der Waals surface area contributed by atoms with Gasteiger partial charge in [0.1, 0.15) is 5.82 Å². The number of fused-ring (bicyclic) bond motifs is 1. The van der Waals surface area contributed by atoms with Crippen LogP contribution in [0.4, 0.5) is 10.5 Å². The van der Waals surface area contributed by atoms with Gasteiger partial charge in [0, 0.05) is 42.0 Å². The van der Waals surface area contributed by atoms with E-state index in [1.807, 2.05) is 36.2 Å². The van der Waals surface area contributed by atoms with Crippen LogP contribution in [0.1, 0.15) is 43.6 Å². The number of nitrogens with zero attached hydrogens (tertiary/aromatic N) is 4. The average Bonchev–Trinajstić information content (AvgIpc) is 3.29. The summed E-state index contributed by atoms with van der Waals surface area (Å²) < 4.78 is 2.25. The Hall–Kier alpha value is -2.60. The topological polar surface area (TPSA) is 63.1 Å². The summed E-state index contributed by atoms with van der Waals surface area (Å²) in [4.78, 5) is 23.8. The molecule has 1 N–H and O–H groups in total. The molecule has 1 atom stereocenters. The van der Waals surface area contributed by atoms with Crippen molar-refractivity contribution in [1.82, 2.24) is 19.4 Å². The molecule has 0 aliphatic carbocycles. The molecule has 1 fully saturated rings. The molecule has 1 aromatic carbocycles. The predicted molar refractivity (Wildman–Crippen MR) is 112 cm³/mol. The van der Waals surface area contributed by atoms with Crippen LogP contribution in [0.3, 0.4) is 0 Å². The van der Waals surface area contributed by atoms with Crippen LogP contribution in [-0.4, -0.2) is 38.6 Å². The van der Waals surface area contributed by atoms with E-state index >= 15 is 0 Å². The van der Waals surface area contributed by atoms with Crippen molar-refractivity contribution in [3.8, 4) is 0 Å². The number of amides is 2. The number of nitrogens with one attached hydrogen (secondary N) is 1. The first-order valence-corrected chi connectivity index (χ1v) is 9.95.